The number of phosphoric acid groups is 1. The maximum atomic E-state index is 12.4. The van der Waals surface area contributed by atoms with Crippen molar-refractivity contribution in [3.05, 3.63) is 0 Å². The second kappa shape index (κ2) is 6.83. The van der Waals surface area contributed by atoms with Gasteiger partial charge in [0, 0.05) is 0 Å². The van der Waals surface area contributed by atoms with Crippen molar-refractivity contribution in [1.82, 2.24) is 0 Å². The van der Waals surface area contributed by atoms with E-state index < -0.39 is 18.1 Å². The van der Waals surface area contributed by atoms with Crippen LogP contribution in [0.15, 0.2) is 0 Å². The molecule has 0 aromatic heterocycles. The Hall–Kier alpha value is 2.99. The van der Waals surface area contributed by atoms with Gasteiger partial charge in [0.25, 0.3) is 0 Å². The molecule has 0 spiro atoms. The molecule has 0 rings (SSSR count). The summed E-state index contributed by atoms with van der Waals surface area (Å²) in [6, 6.07) is 0. The number of halogens is 6. The van der Waals surface area contributed by atoms with Crippen molar-refractivity contribution in [1.29, 1.82) is 0 Å². The van der Waals surface area contributed by atoms with Gasteiger partial charge in [0.1, 0.15) is 0 Å². The predicted molar refractivity (Wildman–Crippen MR) is 89.6 cm³/mol. The van der Waals surface area contributed by atoms with Crippen molar-refractivity contribution in [3.63, 3.8) is 0 Å². The van der Waals surface area contributed by atoms with Crippen LogP contribution < -0.4 is 0 Å². The standard InChI is InChI=1S/C6H9Br6O4P/c1-4(7,8)14-17(13,15-5(2,9)10)16-6(3,11)12/h1-3H3. The molecule has 0 saturated carbocycles. The van der Waals surface area contributed by atoms with Crippen LogP contribution in [0.25, 0.3) is 0 Å². The van der Waals surface area contributed by atoms with E-state index in [9.17, 15) is 4.57 Å². The molecule has 0 aliphatic carbocycles. The zero-order valence-corrected chi connectivity index (χ0v) is 19.3. The van der Waals surface area contributed by atoms with Gasteiger partial charge in [0.2, 0.25) is 0 Å². The van der Waals surface area contributed by atoms with Gasteiger partial charge in [-0.1, -0.05) is 0 Å². The van der Waals surface area contributed by atoms with Gasteiger partial charge in [-0.2, -0.15) is 0 Å². The Kier molecular flexibility index (Phi) is 8.04. The second-order valence-corrected chi connectivity index (χ2v) is 16.9. The van der Waals surface area contributed by atoms with Crippen molar-refractivity contribution in [2.45, 2.75) is 31.0 Å². The molecule has 0 aromatic carbocycles. The molecule has 104 valence electrons. The maximum Gasteiger partial charge on any atom is 0.481 e. The Morgan fingerprint density at radius 2 is 0.882 bits per heavy atom. The Labute approximate surface area is 151 Å². The Morgan fingerprint density at radius 1 is 0.706 bits per heavy atom. The van der Waals surface area contributed by atoms with Crippen LogP contribution >= 0.6 is 103 Å². The highest BCUT2D eigenvalue weighted by Crippen LogP contribution is 2.63. The van der Waals surface area contributed by atoms with Crippen LogP contribution in [0, 0.1) is 0 Å². The largest absolute Gasteiger partial charge is 0.481 e. The Morgan fingerprint density at radius 3 is 1.00 bits per heavy atom. The summed E-state index contributed by atoms with van der Waals surface area (Å²) < 4.78 is 24.9. The minimum Gasteiger partial charge on any atom is -0.258 e. The molecule has 0 radical (unpaired) electrons. The first kappa shape index (κ1) is 20.0. The molecular weight excluding hydrogens is 646 g/mol. The second-order valence-electron chi connectivity index (χ2n) is 3.14. The molecule has 11 heteroatoms. The van der Waals surface area contributed by atoms with E-state index in [1.807, 2.05) is 0 Å². The molecule has 4 nitrogen and oxygen atoms in total. The minimum atomic E-state index is -3.87. The van der Waals surface area contributed by atoms with Crippen LogP contribution in [0.4, 0.5) is 0 Å². The number of rotatable bonds is 6. The molecule has 0 amide bonds. The molecule has 0 heterocycles. The third kappa shape index (κ3) is 12.4. The number of phosphoric ester groups is 1. The molecule has 0 saturated heterocycles. The topological polar surface area (TPSA) is 44.8 Å². The normalized spacial score (nSPS) is 15.1. The summed E-state index contributed by atoms with van der Waals surface area (Å²) in [5.41, 5.74) is 0. The first-order valence-electron chi connectivity index (χ1n) is 3.98. The van der Waals surface area contributed by atoms with Gasteiger partial charge in [-0.15, -0.1) is 0 Å². The first-order valence-corrected chi connectivity index (χ1v) is 10.2. The Balaban J connectivity index is 5.03. The molecule has 0 aliphatic heterocycles. The molecule has 0 fully saturated rings. The maximum absolute atomic E-state index is 12.4. The lowest BCUT2D eigenvalue weighted by Crippen LogP contribution is -2.21. The zero-order valence-electron chi connectivity index (χ0n) is 8.85. The highest BCUT2D eigenvalue weighted by atomic mass is 79.9. The third-order valence-electron chi connectivity index (χ3n) is 0.816. The fraction of sp³-hybridized carbons (Fsp3) is 1.00. The lowest BCUT2D eigenvalue weighted by molar-refractivity contribution is 0.0884. The highest BCUT2D eigenvalue weighted by molar-refractivity contribution is 9.26. The molecule has 0 unspecified atom stereocenters. The molecule has 0 atom stereocenters. The van der Waals surface area contributed by atoms with Crippen LogP contribution in [-0.2, 0) is 18.1 Å². The lowest BCUT2D eigenvalue weighted by atomic mass is 10.9. The van der Waals surface area contributed by atoms with Crippen LogP contribution in [0.3, 0.4) is 0 Å². The van der Waals surface area contributed by atoms with Crippen LogP contribution in [-0.4, -0.2) is 10.3 Å². The van der Waals surface area contributed by atoms with Crippen molar-refractivity contribution < 1.29 is 18.1 Å². The van der Waals surface area contributed by atoms with Crippen molar-refractivity contribution in [3.8, 4) is 0 Å². The summed E-state index contributed by atoms with van der Waals surface area (Å²) in [4.78, 5) is 0. The smallest absolute Gasteiger partial charge is 0.258 e. The van der Waals surface area contributed by atoms with E-state index >= 15 is 0 Å². The first-order chi connectivity index (χ1) is 7.12. The third-order valence-corrected chi connectivity index (χ3v) is 5.05. The highest BCUT2D eigenvalue weighted by Gasteiger charge is 2.44. The number of alkyl halides is 6. The van der Waals surface area contributed by atoms with Crippen LogP contribution in [0.2, 0.25) is 0 Å². The van der Waals surface area contributed by atoms with Crippen molar-refractivity contribution >= 4 is 103 Å². The Bertz CT molecular complexity index is 256. The van der Waals surface area contributed by atoms with Gasteiger partial charge in [-0.3, -0.25) is 13.6 Å². The molecule has 0 aliphatic rings. The summed E-state index contributed by atoms with van der Waals surface area (Å²) in [6.07, 6.45) is 0. The SMILES string of the molecule is CC(Br)(Br)OP(=O)(OC(C)(Br)Br)OC(C)(Br)Br. The fourth-order valence-corrected chi connectivity index (χ4v) is 5.13. The molecule has 0 N–H and O–H groups in total. The fourth-order valence-electron chi connectivity index (χ4n) is 0.645. The van der Waals surface area contributed by atoms with Gasteiger partial charge in [0.15, 0.2) is 10.3 Å². The summed E-state index contributed by atoms with van der Waals surface area (Å²) in [6.45, 7) is 4.77. The quantitative estimate of drug-likeness (QED) is 0.241. The molecular formula is C6H9Br6O4P. The lowest BCUT2D eigenvalue weighted by Gasteiger charge is -2.30. The van der Waals surface area contributed by atoms with E-state index in [1.165, 1.54) is 0 Å². The zero-order chi connectivity index (χ0) is 14.1. The summed E-state index contributed by atoms with van der Waals surface area (Å²) in [5.74, 6) is 0. The summed E-state index contributed by atoms with van der Waals surface area (Å²) in [7, 11) is -3.87. The average Bonchev–Trinajstić information content (AvgIpc) is 1.65. The average molecular weight is 656 g/mol. The van der Waals surface area contributed by atoms with Crippen LogP contribution in [0.1, 0.15) is 20.8 Å². The van der Waals surface area contributed by atoms with Crippen LogP contribution in [0.5, 0.6) is 0 Å². The molecule has 0 aromatic rings. The van der Waals surface area contributed by atoms with E-state index in [1.54, 1.807) is 20.8 Å². The van der Waals surface area contributed by atoms with E-state index in [0.717, 1.165) is 0 Å². The van der Waals surface area contributed by atoms with Gasteiger partial charge >= 0.3 is 7.82 Å². The summed E-state index contributed by atoms with van der Waals surface area (Å²) in [5, 5.41) is 0. The van der Waals surface area contributed by atoms with E-state index in [-0.39, 0.29) is 0 Å². The van der Waals surface area contributed by atoms with E-state index in [2.05, 4.69) is 95.6 Å². The molecule has 17 heavy (non-hydrogen) atoms. The van der Waals surface area contributed by atoms with Gasteiger partial charge in [-0.05, 0) is 116 Å². The number of hydrogen-bond acceptors (Lipinski definition) is 4. The van der Waals surface area contributed by atoms with E-state index in [4.69, 9.17) is 13.6 Å². The predicted octanol–water partition coefficient (Wildman–Crippen LogP) is 6.53. The van der Waals surface area contributed by atoms with Gasteiger partial charge in [0.05, 0.1) is 0 Å². The minimum absolute atomic E-state index is 1.05. The monoisotopic (exact) mass is 650 g/mol. The van der Waals surface area contributed by atoms with E-state index in [0.29, 0.717) is 0 Å². The van der Waals surface area contributed by atoms with Gasteiger partial charge < -0.3 is 0 Å². The summed E-state index contributed by atoms with van der Waals surface area (Å²) >= 11 is 18.8. The van der Waals surface area contributed by atoms with Crippen molar-refractivity contribution in [2.75, 3.05) is 0 Å². The van der Waals surface area contributed by atoms with Crippen molar-refractivity contribution in [2.24, 2.45) is 0 Å². The van der Waals surface area contributed by atoms with Gasteiger partial charge in [-0.25, -0.2) is 4.57 Å². The molecule has 0 bridgehead atoms. The number of hydrogen-bond donors (Lipinski definition) is 0.